The highest BCUT2D eigenvalue weighted by Gasteiger charge is 2.23. The maximum atomic E-state index is 12.1. The summed E-state index contributed by atoms with van der Waals surface area (Å²) in [5.41, 5.74) is 0.872. The van der Waals surface area contributed by atoms with Gasteiger partial charge in [-0.25, -0.2) is 0 Å². The molecule has 0 fully saturated rings. The topological polar surface area (TPSA) is 53.7 Å². The summed E-state index contributed by atoms with van der Waals surface area (Å²) in [4.78, 5) is 13.6. The predicted octanol–water partition coefficient (Wildman–Crippen LogP) is 2.53. The van der Waals surface area contributed by atoms with Crippen LogP contribution in [-0.2, 0) is 11.3 Å². The van der Waals surface area contributed by atoms with Gasteiger partial charge in [0, 0.05) is 0 Å². The summed E-state index contributed by atoms with van der Waals surface area (Å²) >= 11 is 0. The third-order valence-corrected chi connectivity index (χ3v) is 3.10. The van der Waals surface area contributed by atoms with Gasteiger partial charge in [-0.05, 0) is 23.8 Å². The van der Waals surface area contributed by atoms with E-state index in [4.69, 9.17) is 4.42 Å². The van der Waals surface area contributed by atoms with Crippen LogP contribution in [0.4, 0.5) is 0 Å². The second-order valence-corrected chi connectivity index (χ2v) is 4.36. The SMILES string of the molecule is C=CC(=O)N(Cc1ccco1)C(CO)c1ccccc1. The number of carbonyl (C=O) groups is 1. The van der Waals surface area contributed by atoms with E-state index in [1.165, 1.54) is 6.08 Å². The zero-order valence-electron chi connectivity index (χ0n) is 11.1. The number of nitrogens with zero attached hydrogens (tertiary/aromatic N) is 1. The summed E-state index contributed by atoms with van der Waals surface area (Å²) in [5.74, 6) is 0.416. The first-order valence-corrected chi connectivity index (χ1v) is 6.37. The lowest BCUT2D eigenvalue weighted by Gasteiger charge is -2.29. The minimum Gasteiger partial charge on any atom is -0.467 e. The number of benzene rings is 1. The molecule has 0 aliphatic rings. The smallest absolute Gasteiger partial charge is 0.246 e. The van der Waals surface area contributed by atoms with E-state index in [0.29, 0.717) is 5.76 Å². The lowest BCUT2D eigenvalue weighted by Crippen LogP contribution is -2.35. The number of rotatable bonds is 6. The lowest BCUT2D eigenvalue weighted by atomic mass is 10.1. The number of carbonyl (C=O) groups excluding carboxylic acids is 1. The molecule has 104 valence electrons. The van der Waals surface area contributed by atoms with Gasteiger partial charge in [0.15, 0.2) is 0 Å². The molecule has 2 aromatic rings. The van der Waals surface area contributed by atoms with Crippen LogP contribution in [0.15, 0.2) is 65.8 Å². The number of furan rings is 1. The van der Waals surface area contributed by atoms with Crippen molar-refractivity contribution in [3.63, 3.8) is 0 Å². The lowest BCUT2D eigenvalue weighted by molar-refractivity contribution is -0.130. The van der Waals surface area contributed by atoms with Gasteiger partial charge in [0.05, 0.1) is 25.5 Å². The maximum absolute atomic E-state index is 12.1. The highest BCUT2D eigenvalue weighted by molar-refractivity contribution is 5.87. The predicted molar refractivity (Wildman–Crippen MR) is 75.7 cm³/mol. The number of amides is 1. The first-order valence-electron chi connectivity index (χ1n) is 6.37. The van der Waals surface area contributed by atoms with Crippen LogP contribution in [0.1, 0.15) is 17.4 Å². The van der Waals surface area contributed by atoms with Crippen molar-refractivity contribution >= 4 is 5.91 Å². The minimum atomic E-state index is -0.424. The highest BCUT2D eigenvalue weighted by atomic mass is 16.3. The van der Waals surface area contributed by atoms with Gasteiger partial charge in [-0.2, -0.15) is 0 Å². The zero-order chi connectivity index (χ0) is 14.4. The second kappa shape index (κ2) is 6.73. The molecule has 1 heterocycles. The second-order valence-electron chi connectivity index (χ2n) is 4.36. The van der Waals surface area contributed by atoms with Crippen LogP contribution in [0.3, 0.4) is 0 Å². The van der Waals surface area contributed by atoms with E-state index < -0.39 is 6.04 Å². The molecule has 20 heavy (non-hydrogen) atoms. The largest absolute Gasteiger partial charge is 0.467 e. The molecular weight excluding hydrogens is 254 g/mol. The summed E-state index contributed by atoms with van der Waals surface area (Å²) in [6.45, 7) is 3.64. The average Bonchev–Trinajstić information content (AvgIpc) is 3.00. The third kappa shape index (κ3) is 3.16. The molecule has 0 saturated heterocycles. The van der Waals surface area contributed by atoms with Crippen molar-refractivity contribution in [2.75, 3.05) is 6.61 Å². The van der Waals surface area contributed by atoms with E-state index in [2.05, 4.69) is 6.58 Å². The fourth-order valence-corrected chi connectivity index (χ4v) is 2.09. The molecule has 1 atom stereocenters. The van der Waals surface area contributed by atoms with Crippen molar-refractivity contribution in [3.8, 4) is 0 Å². The van der Waals surface area contributed by atoms with Crippen LogP contribution in [-0.4, -0.2) is 22.5 Å². The van der Waals surface area contributed by atoms with E-state index in [1.807, 2.05) is 30.3 Å². The number of aliphatic hydroxyl groups excluding tert-OH is 1. The Bertz CT molecular complexity index is 548. The molecule has 0 radical (unpaired) electrons. The van der Waals surface area contributed by atoms with Gasteiger partial charge >= 0.3 is 0 Å². The Labute approximate surface area is 117 Å². The minimum absolute atomic E-state index is 0.162. The van der Waals surface area contributed by atoms with Crippen molar-refractivity contribution in [1.29, 1.82) is 0 Å². The van der Waals surface area contributed by atoms with Gasteiger partial charge in [0.1, 0.15) is 5.76 Å². The van der Waals surface area contributed by atoms with E-state index >= 15 is 0 Å². The van der Waals surface area contributed by atoms with Crippen molar-refractivity contribution in [1.82, 2.24) is 4.90 Å². The van der Waals surface area contributed by atoms with Crippen LogP contribution in [0.5, 0.6) is 0 Å². The quantitative estimate of drug-likeness (QED) is 0.821. The maximum Gasteiger partial charge on any atom is 0.246 e. The molecule has 0 spiro atoms. The molecule has 0 bridgehead atoms. The van der Waals surface area contributed by atoms with E-state index in [0.717, 1.165) is 5.56 Å². The Balaban J connectivity index is 2.28. The summed E-state index contributed by atoms with van der Waals surface area (Å²) in [6, 6.07) is 12.5. The summed E-state index contributed by atoms with van der Waals surface area (Å²) in [5, 5.41) is 9.66. The molecule has 4 nitrogen and oxygen atoms in total. The highest BCUT2D eigenvalue weighted by Crippen LogP contribution is 2.23. The first-order chi connectivity index (χ1) is 9.76. The molecule has 1 aromatic heterocycles. The van der Waals surface area contributed by atoms with E-state index in [1.54, 1.807) is 23.3 Å². The fraction of sp³-hybridized carbons (Fsp3) is 0.188. The van der Waals surface area contributed by atoms with Gasteiger partial charge in [-0.1, -0.05) is 36.9 Å². The Morgan fingerprint density at radius 1 is 1.30 bits per heavy atom. The third-order valence-electron chi connectivity index (χ3n) is 3.10. The van der Waals surface area contributed by atoms with Crippen LogP contribution in [0, 0.1) is 0 Å². The standard InChI is InChI=1S/C16H17NO3/c1-2-16(19)17(11-14-9-6-10-20-14)15(12-18)13-7-4-3-5-8-13/h2-10,15,18H,1,11-12H2. The van der Waals surface area contributed by atoms with Gasteiger partial charge < -0.3 is 14.4 Å². The molecule has 0 aliphatic carbocycles. The summed E-state index contributed by atoms with van der Waals surface area (Å²) < 4.78 is 5.28. The van der Waals surface area contributed by atoms with Gasteiger partial charge in [0.25, 0.3) is 0 Å². The molecule has 2 rings (SSSR count). The van der Waals surface area contributed by atoms with Crippen LogP contribution >= 0.6 is 0 Å². The zero-order valence-corrected chi connectivity index (χ0v) is 11.1. The number of aliphatic hydroxyl groups is 1. The fourth-order valence-electron chi connectivity index (χ4n) is 2.09. The molecule has 4 heteroatoms. The van der Waals surface area contributed by atoms with Crippen molar-refractivity contribution < 1.29 is 14.3 Å². The summed E-state index contributed by atoms with van der Waals surface area (Å²) in [7, 11) is 0. The van der Waals surface area contributed by atoms with Crippen molar-refractivity contribution in [2.24, 2.45) is 0 Å². The summed E-state index contributed by atoms with van der Waals surface area (Å²) in [6.07, 6.45) is 2.80. The Morgan fingerprint density at radius 2 is 2.05 bits per heavy atom. The molecule has 1 N–H and O–H groups in total. The number of hydrogen-bond acceptors (Lipinski definition) is 3. The molecule has 0 saturated carbocycles. The molecular formula is C16H17NO3. The van der Waals surface area contributed by atoms with Crippen LogP contribution < -0.4 is 0 Å². The Kier molecular flexibility index (Phi) is 4.74. The van der Waals surface area contributed by atoms with Crippen molar-refractivity contribution in [3.05, 3.63) is 72.7 Å². The van der Waals surface area contributed by atoms with Gasteiger partial charge in [0.2, 0.25) is 5.91 Å². The van der Waals surface area contributed by atoms with E-state index in [9.17, 15) is 9.90 Å². The van der Waals surface area contributed by atoms with Crippen LogP contribution in [0.2, 0.25) is 0 Å². The van der Waals surface area contributed by atoms with Crippen LogP contribution in [0.25, 0.3) is 0 Å². The van der Waals surface area contributed by atoms with Crippen molar-refractivity contribution in [2.45, 2.75) is 12.6 Å². The Morgan fingerprint density at radius 3 is 2.60 bits per heavy atom. The van der Waals surface area contributed by atoms with Gasteiger partial charge in [-0.3, -0.25) is 4.79 Å². The van der Waals surface area contributed by atoms with E-state index in [-0.39, 0.29) is 19.1 Å². The normalized spacial score (nSPS) is 11.8. The first kappa shape index (κ1) is 14.1. The molecule has 1 aromatic carbocycles. The average molecular weight is 271 g/mol. The molecule has 1 amide bonds. The molecule has 0 aliphatic heterocycles. The van der Waals surface area contributed by atoms with Gasteiger partial charge in [-0.15, -0.1) is 0 Å². The Hall–Kier alpha value is -2.33. The molecule has 1 unspecified atom stereocenters. The number of hydrogen-bond donors (Lipinski definition) is 1. The monoisotopic (exact) mass is 271 g/mol.